The number of hydrogen-bond donors (Lipinski definition) is 0. The molecule has 2 heterocycles. The molecule has 68 valence electrons. The first-order valence-electron chi connectivity index (χ1n) is 4.06. The van der Waals surface area contributed by atoms with Crippen LogP contribution in [0.3, 0.4) is 0 Å². The summed E-state index contributed by atoms with van der Waals surface area (Å²) in [4.78, 5) is 7.78. The van der Waals surface area contributed by atoms with Gasteiger partial charge in [0, 0.05) is 11.8 Å². The average Bonchev–Trinajstić information content (AvgIpc) is 2.71. The maximum absolute atomic E-state index is 8.79. The summed E-state index contributed by atoms with van der Waals surface area (Å²) in [5.41, 5.74) is 1.28. The molecule has 0 aliphatic rings. The lowest BCUT2D eigenvalue weighted by Crippen LogP contribution is -2.03. The molecule has 0 saturated carbocycles. The molecule has 2 aromatic heterocycles. The van der Waals surface area contributed by atoms with Gasteiger partial charge < -0.3 is 0 Å². The molecule has 0 unspecified atom stereocenters. The molecule has 5 heteroatoms. The van der Waals surface area contributed by atoms with E-state index in [4.69, 9.17) is 5.26 Å². The Hall–Kier alpha value is -2.22. The number of hydrogen-bond acceptors (Lipinski definition) is 4. The zero-order valence-electron chi connectivity index (χ0n) is 7.33. The van der Waals surface area contributed by atoms with Gasteiger partial charge in [-0.15, -0.1) is 0 Å². The lowest BCUT2D eigenvalue weighted by atomic mass is 10.2. The minimum absolute atomic E-state index is 0.433. The Bertz CT molecular complexity index is 454. The van der Waals surface area contributed by atoms with Gasteiger partial charge in [-0.3, -0.25) is 0 Å². The smallest absolute Gasteiger partial charge is 0.145 e. The van der Waals surface area contributed by atoms with Crippen LogP contribution in [0, 0.1) is 11.3 Å². The zero-order valence-corrected chi connectivity index (χ0v) is 7.33. The third kappa shape index (κ3) is 1.59. The molecule has 0 N–H and O–H groups in total. The Balaban J connectivity index is 2.30. The van der Waals surface area contributed by atoms with Crippen LogP contribution in [0.4, 0.5) is 0 Å². The molecule has 0 aliphatic heterocycles. The molecule has 0 radical (unpaired) electrons. The zero-order chi connectivity index (χ0) is 9.80. The van der Waals surface area contributed by atoms with E-state index < -0.39 is 0 Å². The van der Waals surface area contributed by atoms with Gasteiger partial charge in [0.15, 0.2) is 0 Å². The quantitative estimate of drug-likeness (QED) is 0.686. The van der Waals surface area contributed by atoms with Gasteiger partial charge in [-0.2, -0.15) is 10.4 Å². The number of aromatic nitrogens is 4. The van der Waals surface area contributed by atoms with Crippen LogP contribution in [0.1, 0.15) is 11.3 Å². The van der Waals surface area contributed by atoms with Gasteiger partial charge in [0.25, 0.3) is 0 Å². The molecule has 0 aliphatic carbocycles. The van der Waals surface area contributed by atoms with Crippen molar-refractivity contribution in [3.63, 3.8) is 0 Å². The van der Waals surface area contributed by atoms with Gasteiger partial charge in [-0.05, 0) is 6.07 Å². The van der Waals surface area contributed by atoms with Crippen molar-refractivity contribution in [2.45, 2.75) is 6.54 Å². The minimum atomic E-state index is 0.433. The molecule has 0 spiro atoms. The molecule has 5 nitrogen and oxygen atoms in total. The van der Waals surface area contributed by atoms with Crippen molar-refractivity contribution in [3.8, 4) is 6.07 Å². The molecular formula is C9H7N5. The number of nitrogens with zero attached hydrogens (tertiary/aromatic N) is 5. The second kappa shape index (κ2) is 3.66. The predicted octanol–water partition coefficient (Wildman–Crippen LogP) is 0.593. The van der Waals surface area contributed by atoms with Gasteiger partial charge in [-0.25, -0.2) is 14.6 Å². The molecular weight excluding hydrogens is 178 g/mol. The highest BCUT2D eigenvalue weighted by molar-refractivity contribution is 5.30. The lowest BCUT2D eigenvalue weighted by molar-refractivity contribution is 0.681. The molecule has 0 bridgehead atoms. The molecule has 0 amide bonds. The van der Waals surface area contributed by atoms with Crippen molar-refractivity contribution in [3.05, 3.63) is 42.2 Å². The van der Waals surface area contributed by atoms with Crippen LogP contribution in [0.25, 0.3) is 0 Å². The molecule has 14 heavy (non-hydrogen) atoms. The second-order valence-corrected chi connectivity index (χ2v) is 2.72. The summed E-state index contributed by atoms with van der Waals surface area (Å²) in [6.07, 6.45) is 4.67. The highest BCUT2D eigenvalue weighted by Crippen LogP contribution is 2.04. The molecule has 2 rings (SSSR count). The van der Waals surface area contributed by atoms with Gasteiger partial charge in [0.2, 0.25) is 0 Å². The first-order chi connectivity index (χ1) is 6.90. The molecule has 0 atom stereocenters. The topological polar surface area (TPSA) is 67.4 Å². The minimum Gasteiger partial charge on any atom is -0.248 e. The molecule has 0 fully saturated rings. The summed E-state index contributed by atoms with van der Waals surface area (Å²) in [5.74, 6) is 0. The van der Waals surface area contributed by atoms with E-state index >= 15 is 0 Å². The first-order valence-corrected chi connectivity index (χ1v) is 4.06. The summed E-state index contributed by atoms with van der Waals surface area (Å²) in [6, 6.07) is 5.69. The normalized spacial score (nSPS) is 9.64. The van der Waals surface area contributed by atoms with E-state index in [0.717, 1.165) is 5.56 Å². The summed E-state index contributed by atoms with van der Waals surface area (Å²) < 4.78 is 1.65. The average molecular weight is 185 g/mol. The Morgan fingerprint density at radius 1 is 1.50 bits per heavy atom. The third-order valence-electron chi connectivity index (χ3n) is 1.80. The summed E-state index contributed by atoms with van der Waals surface area (Å²) in [5, 5.41) is 12.7. The molecule has 0 aromatic carbocycles. The van der Waals surface area contributed by atoms with Crippen LogP contribution >= 0.6 is 0 Å². The maximum Gasteiger partial charge on any atom is 0.145 e. The van der Waals surface area contributed by atoms with Gasteiger partial charge in [-0.1, -0.05) is 6.07 Å². The van der Waals surface area contributed by atoms with E-state index in [0.29, 0.717) is 12.2 Å². The fraction of sp³-hybridized carbons (Fsp3) is 0.111. The monoisotopic (exact) mass is 185 g/mol. The summed E-state index contributed by atoms with van der Waals surface area (Å²) in [7, 11) is 0. The highest BCUT2D eigenvalue weighted by Gasteiger charge is 2.02. The molecule has 2 aromatic rings. The van der Waals surface area contributed by atoms with Crippen molar-refractivity contribution in [1.29, 1.82) is 5.26 Å². The fourth-order valence-corrected chi connectivity index (χ4v) is 1.16. The largest absolute Gasteiger partial charge is 0.248 e. The van der Waals surface area contributed by atoms with E-state index in [1.807, 2.05) is 12.1 Å². The maximum atomic E-state index is 8.79. The van der Waals surface area contributed by atoms with Gasteiger partial charge >= 0.3 is 0 Å². The van der Waals surface area contributed by atoms with Crippen molar-refractivity contribution < 1.29 is 0 Å². The van der Waals surface area contributed by atoms with Crippen LogP contribution in [0.2, 0.25) is 0 Å². The van der Waals surface area contributed by atoms with Crippen molar-refractivity contribution in [2.75, 3.05) is 0 Å². The number of pyridine rings is 1. The van der Waals surface area contributed by atoms with E-state index in [2.05, 4.69) is 15.1 Å². The summed E-state index contributed by atoms with van der Waals surface area (Å²) >= 11 is 0. The van der Waals surface area contributed by atoms with E-state index in [1.54, 1.807) is 23.3 Å². The van der Waals surface area contributed by atoms with Crippen molar-refractivity contribution in [2.24, 2.45) is 0 Å². The van der Waals surface area contributed by atoms with Crippen molar-refractivity contribution >= 4 is 0 Å². The Morgan fingerprint density at radius 2 is 2.43 bits per heavy atom. The third-order valence-corrected chi connectivity index (χ3v) is 1.80. The van der Waals surface area contributed by atoms with Crippen LogP contribution in [-0.2, 0) is 6.54 Å². The van der Waals surface area contributed by atoms with Crippen molar-refractivity contribution in [1.82, 2.24) is 19.7 Å². The van der Waals surface area contributed by atoms with Crippen LogP contribution < -0.4 is 0 Å². The predicted molar refractivity (Wildman–Crippen MR) is 48.1 cm³/mol. The Kier molecular flexibility index (Phi) is 2.19. The Labute approximate surface area is 80.7 Å². The fourth-order valence-electron chi connectivity index (χ4n) is 1.16. The van der Waals surface area contributed by atoms with Gasteiger partial charge in [0.05, 0.1) is 6.54 Å². The van der Waals surface area contributed by atoms with E-state index in [1.165, 1.54) is 6.33 Å². The Morgan fingerprint density at radius 3 is 3.14 bits per heavy atom. The van der Waals surface area contributed by atoms with Crippen LogP contribution in [0.15, 0.2) is 31.0 Å². The number of rotatable bonds is 2. The van der Waals surface area contributed by atoms with Crippen LogP contribution in [0.5, 0.6) is 0 Å². The SMILES string of the molecule is N#Cc1ncccc1Cn1cncn1. The lowest BCUT2D eigenvalue weighted by Gasteiger charge is -2.01. The highest BCUT2D eigenvalue weighted by atomic mass is 15.3. The number of nitriles is 1. The standard InChI is InChI=1S/C9H7N5/c10-4-9-8(2-1-3-12-9)5-14-7-11-6-13-14/h1-3,6-7H,5H2. The second-order valence-electron chi connectivity index (χ2n) is 2.72. The first kappa shape index (κ1) is 8.38. The van der Waals surface area contributed by atoms with E-state index in [-0.39, 0.29) is 0 Å². The van der Waals surface area contributed by atoms with E-state index in [9.17, 15) is 0 Å². The van der Waals surface area contributed by atoms with Crippen LogP contribution in [-0.4, -0.2) is 19.7 Å². The van der Waals surface area contributed by atoms with Gasteiger partial charge in [0.1, 0.15) is 24.4 Å². The molecule has 0 saturated heterocycles. The summed E-state index contributed by atoms with van der Waals surface area (Å²) in [6.45, 7) is 0.525.